The lowest BCUT2D eigenvalue weighted by Crippen LogP contribution is -2.46. The van der Waals surface area contributed by atoms with E-state index in [1.54, 1.807) is 0 Å². The van der Waals surface area contributed by atoms with Crippen LogP contribution in [-0.2, 0) is 4.79 Å². The summed E-state index contributed by atoms with van der Waals surface area (Å²) in [5.41, 5.74) is -1.33. The third kappa shape index (κ3) is 6.61. The Kier molecular flexibility index (Phi) is 2.03. The van der Waals surface area contributed by atoms with E-state index in [-0.39, 0.29) is 0 Å². The largest absolute Gasteiger partial charge is 0.486 e. The van der Waals surface area contributed by atoms with Crippen LogP contribution >= 0.6 is 0 Å². The van der Waals surface area contributed by atoms with E-state index in [2.05, 4.69) is 0 Å². The molecule has 2 aliphatic heterocycles. The van der Waals surface area contributed by atoms with Crippen LogP contribution in [0.2, 0.25) is 0 Å². The molecule has 1 fully saturated rings. The van der Waals surface area contributed by atoms with Crippen molar-refractivity contribution in [1.29, 1.82) is 0 Å². The highest BCUT2D eigenvalue weighted by molar-refractivity contribution is 5.76. The number of carbonyl (C=O) groups is 1. The molecule has 6 nitrogen and oxygen atoms in total. The van der Waals surface area contributed by atoms with Gasteiger partial charge in [-0.25, -0.2) is 0 Å². The second-order valence-electron chi connectivity index (χ2n) is 4.92. The van der Waals surface area contributed by atoms with Crippen LogP contribution in [0.4, 0.5) is 0 Å². The Morgan fingerprint density at radius 1 is 1.28 bits per heavy atom. The highest BCUT2D eigenvalue weighted by Gasteiger charge is 2.27. The maximum absolute atomic E-state index is 14.0. The van der Waals surface area contributed by atoms with Gasteiger partial charge in [0.05, 0.1) is 14.2 Å². The number of ether oxygens (including phenoxy) is 2. The molecule has 0 radical (unpaired) electrons. The topological polar surface area (TPSA) is 71.0 Å². The van der Waals surface area contributed by atoms with Crippen molar-refractivity contribution < 1.29 is 61.9 Å². The summed E-state index contributed by atoms with van der Waals surface area (Å²) in [6, 6.07) is -3.49. The zero-order valence-corrected chi connectivity index (χ0v) is 14.4. The normalized spacial score (nSPS) is 50.7. The summed E-state index contributed by atoms with van der Waals surface area (Å²) in [7, 11) is 0. The first-order valence-electron chi connectivity index (χ1n) is 23.2. The molecule has 162 valence electrons. The van der Waals surface area contributed by atoms with E-state index in [4.69, 9.17) is 52.0 Å². The smallest absolute Gasteiger partial charge is 0.220 e. The summed E-state index contributed by atoms with van der Waals surface area (Å²) in [6.45, 7) is -24.3. The lowest BCUT2D eigenvalue weighted by molar-refractivity contribution is -0.123. The molecule has 1 saturated heterocycles. The number of amides is 1. The van der Waals surface area contributed by atoms with Crippen molar-refractivity contribution in [3.05, 3.63) is 23.8 Å². The van der Waals surface area contributed by atoms with Gasteiger partial charge in [0.15, 0.2) is 11.5 Å². The molecule has 2 N–H and O–H groups in total. The van der Waals surface area contributed by atoms with Crippen LogP contribution in [0.1, 0.15) is 112 Å². The number of nitrogens with one attached hydrogen (secondary N) is 1. The summed E-state index contributed by atoms with van der Waals surface area (Å²) < 4.78 is 262. The van der Waals surface area contributed by atoms with Crippen molar-refractivity contribution in [2.75, 3.05) is 32.6 Å². The van der Waals surface area contributed by atoms with Gasteiger partial charge in [-0.1, -0.05) is 38.4 Å². The number of likely N-dealkylation sites (tertiary alicyclic amines) is 1. The zero-order chi connectivity index (χ0) is 48.1. The molecule has 29 heavy (non-hydrogen) atoms. The molecule has 1 amide bonds. The minimum absolute atomic E-state index is 0.314. The average molecular weight is 436 g/mol. The van der Waals surface area contributed by atoms with Gasteiger partial charge in [0, 0.05) is 47.1 Å². The lowest BCUT2D eigenvalue weighted by atomic mass is 10.0. The van der Waals surface area contributed by atoms with Gasteiger partial charge in [-0.3, -0.25) is 4.79 Å². The summed E-state index contributed by atoms with van der Waals surface area (Å²) in [4.78, 5) is 12.9. The molecule has 1 aromatic carbocycles. The number of benzene rings is 1. The van der Waals surface area contributed by atoms with E-state index in [0.29, 0.717) is 18.2 Å². The number of aliphatic hydroxyl groups is 1. The summed E-state index contributed by atoms with van der Waals surface area (Å²) in [5, 5.41) is 12.8. The van der Waals surface area contributed by atoms with Crippen LogP contribution in [0.5, 0.6) is 11.5 Å². The lowest BCUT2D eigenvalue weighted by Gasteiger charge is -2.29. The fraction of sp³-hybridized carbons (Fsp3) is 0.696. The standard InChI is InChI=1S/C23H36N2O4/c1-2-3-4-5-6-9-22(26)24-19(17-25-12-7-8-13-25)23(27)18-10-11-20-21(16-18)29-15-14-28-20/h10-11,16,19,23,27H,2-9,12-15,17H2,1H3,(H,24,26)/t19-,23-/m1/s1/i1D3,2D2,3D2,4D2,5D2,6D2,7D2,8D2,9D2,12D2,13D2,14D2,15D2,17D2,19D,23D. The highest BCUT2D eigenvalue weighted by Crippen LogP contribution is 2.33. The van der Waals surface area contributed by atoms with E-state index in [0.717, 1.165) is 5.32 Å². The number of carbonyl (C=O) groups excluding carboxylic acids is 1. The second-order valence-corrected chi connectivity index (χ2v) is 4.92. The monoisotopic (exact) mass is 435 g/mol. The van der Waals surface area contributed by atoms with Crippen LogP contribution in [0.15, 0.2) is 18.2 Å². The Balaban J connectivity index is 2.40. The Morgan fingerprint density at radius 2 is 2.03 bits per heavy atom. The molecule has 0 aliphatic carbocycles. The number of hydrogen-bond donors (Lipinski definition) is 2. The van der Waals surface area contributed by atoms with Crippen LogP contribution in [-0.4, -0.2) is 54.5 Å². The fourth-order valence-corrected chi connectivity index (χ4v) is 1.95. The number of hydrogen-bond acceptors (Lipinski definition) is 5. The quantitative estimate of drug-likeness (QED) is 0.557. The first-order valence-corrected chi connectivity index (χ1v) is 7.65. The summed E-state index contributed by atoms with van der Waals surface area (Å²) >= 11 is 0. The molecule has 0 spiro atoms. The van der Waals surface area contributed by atoms with Gasteiger partial charge < -0.3 is 24.8 Å². The molecular weight excluding hydrogens is 368 g/mol. The number of rotatable bonds is 11. The van der Waals surface area contributed by atoms with Crippen LogP contribution in [0.25, 0.3) is 0 Å². The van der Waals surface area contributed by atoms with E-state index >= 15 is 0 Å². The maximum atomic E-state index is 14.0. The summed E-state index contributed by atoms with van der Waals surface area (Å²) in [5.74, 6) is -4.63. The Hall–Kier alpha value is -1.79. The molecule has 2 atom stereocenters. The molecular formula is C23H36N2O4. The Morgan fingerprint density at radius 3 is 2.83 bits per heavy atom. The molecule has 0 saturated carbocycles. The summed E-state index contributed by atoms with van der Waals surface area (Å²) in [6.07, 6.45) is -41.4. The first kappa shape index (κ1) is 5.16. The predicted octanol–water partition coefficient (Wildman–Crippen LogP) is 3.43. The van der Waals surface area contributed by atoms with E-state index in [9.17, 15) is 9.90 Å². The van der Waals surface area contributed by atoms with E-state index in [1.807, 2.05) is 0 Å². The molecule has 1 aromatic rings. The second kappa shape index (κ2) is 11.4. The van der Waals surface area contributed by atoms with Gasteiger partial charge in [0.2, 0.25) is 5.91 Å². The van der Waals surface area contributed by atoms with Gasteiger partial charge in [-0.05, 0) is 49.8 Å². The molecule has 0 bridgehead atoms. The van der Waals surface area contributed by atoms with Crippen molar-refractivity contribution in [3.8, 4) is 11.5 Å². The van der Waals surface area contributed by atoms with Crippen molar-refractivity contribution in [2.45, 2.75) is 69.9 Å². The van der Waals surface area contributed by atoms with Crippen LogP contribution < -0.4 is 14.8 Å². The number of nitrogens with zero attached hydrogens (tertiary/aromatic N) is 1. The van der Waals surface area contributed by atoms with Crippen molar-refractivity contribution in [1.82, 2.24) is 10.2 Å². The minimum Gasteiger partial charge on any atom is -0.486 e. The minimum atomic E-state index is -4.95. The molecule has 2 heterocycles. The predicted molar refractivity (Wildman–Crippen MR) is 113 cm³/mol. The van der Waals surface area contributed by atoms with Gasteiger partial charge in [-0.2, -0.15) is 0 Å². The SMILES string of the molecule is [2H]C([2H])([2H])C([2H])([2H])C([2H])([2H])C([2H])([2H])C([2H])([2H])C([2H])([2H])C([2H])([2H])C(=O)N[C@]([2H])(C([2H])([2H])N1C([2H])([2H])C([2H])([2H])C([2H])([2H])C1([2H])[2H])[C@]([2H])(O)c1ccc2c(c1)OC([2H])([2H])C([2H])([2H])O2. The highest BCUT2D eigenvalue weighted by atomic mass is 16.6. The fourth-order valence-electron chi connectivity index (χ4n) is 1.95. The molecule has 2 aliphatic rings. The Bertz CT molecular complexity index is 1850. The zero-order valence-electron chi connectivity index (χ0n) is 45.4. The van der Waals surface area contributed by atoms with Crippen molar-refractivity contribution in [3.63, 3.8) is 0 Å². The van der Waals surface area contributed by atoms with E-state index in [1.165, 1.54) is 0 Å². The third-order valence-electron chi connectivity index (χ3n) is 3.10. The van der Waals surface area contributed by atoms with E-state index < -0.39 is 130 Å². The maximum Gasteiger partial charge on any atom is 0.220 e. The van der Waals surface area contributed by atoms with Crippen molar-refractivity contribution >= 4 is 5.91 Å². The van der Waals surface area contributed by atoms with Crippen LogP contribution in [0.3, 0.4) is 0 Å². The molecule has 6 heteroatoms. The number of fused-ring (bicyclic) bond motifs is 1. The van der Waals surface area contributed by atoms with Crippen molar-refractivity contribution in [2.24, 2.45) is 0 Å². The average Bonchev–Trinajstić information content (AvgIpc) is 3.09. The molecule has 0 aromatic heterocycles. The van der Waals surface area contributed by atoms with Gasteiger partial charge >= 0.3 is 0 Å². The van der Waals surface area contributed by atoms with Gasteiger partial charge in [-0.15, -0.1) is 0 Å². The van der Waals surface area contributed by atoms with Gasteiger partial charge in [0.1, 0.15) is 19.2 Å². The van der Waals surface area contributed by atoms with Gasteiger partial charge in [0.25, 0.3) is 0 Å². The molecule has 0 unspecified atom stereocenters. The third-order valence-corrected chi connectivity index (χ3v) is 3.10. The van der Waals surface area contributed by atoms with Crippen LogP contribution in [0, 0.1) is 0 Å². The first-order chi connectivity index (χ1) is 25.8. The Labute approximate surface area is 218 Å². The molecule has 3 rings (SSSR count).